The van der Waals surface area contributed by atoms with Gasteiger partial charge in [-0.3, -0.25) is 20.8 Å². The summed E-state index contributed by atoms with van der Waals surface area (Å²) in [4.78, 5) is 24.1. The van der Waals surface area contributed by atoms with Crippen LogP contribution in [0.15, 0.2) is 18.2 Å². The summed E-state index contributed by atoms with van der Waals surface area (Å²) in [6.07, 6.45) is 1.51. The number of carbonyl (C=O) groups is 1. The van der Waals surface area contributed by atoms with E-state index in [9.17, 15) is 14.9 Å². The maximum absolute atomic E-state index is 11.9. The Hall–Kier alpha value is -2.15. The minimum Gasteiger partial charge on any atom is -0.338 e. The molecule has 0 aliphatic carbocycles. The first kappa shape index (κ1) is 14.3. The molecule has 1 heterocycles. The average molecular weight is 278 g/mol. The van der Waals surface area contributed by atoms with Crippen LogP contribution >= 0.6 is 0 Å². The molecular formula is C13H18N4O3. The van der Waals surface area contributed by atoms with E-state index in [4.69, 9.17) is 5.84 Å². The number of hydrogen-bond donors (Lipinski definition) is 2. The summed E-state index contributed by atoms with van der Waals surface area (Å²) >= 11 is 0. The number of hydrazine groups is 1. The third-order valence-electron chi connectivity index (χ3n) is 3.70. The molecule has 0 spiro atoms. The highest BCUT2D eigenvalue weighted by molar-refractivity contribution is 5.79. The standard InChI is InChI=1S/C13H18N4O3/c1-2-9-6-12(18)16(7-9)8-10-4-3-5-11(17(19)20)13(10)15-14/h3-5,9,15H,2,6-8,14H2,1H3. The van der Waals surface area contributed by atoms with Gasteiger partial charge >= 0.3 is 0 Å². The van der Waals surface area contributed by atoms with Gasteiger partial charge in [-0.2, -0.15) is 0 Å². The van der Waals surface area contributed by atoms with Crippen molar-refractivity contribution in [3.8, 4) is 0 Å². The number of amides is 1. The lowest BCUT2D eigenvalue weighted by Crippen LogP contribution is -2.25. The third kappa shape index (κ3) is 2.72. The SMILES string of the molecule is CCC1CC(=O)N(Cc2cccc([N+](=O)[O-])c2NN)C1. The Bertz CT molecular complexity index is 532. The highest BCUT2D eigenvalue weighted by atomic mass is 16.6. The molecule has 1 aromatic rings. The molecule has 0 radical (unpaired) electrons. The van der Waals surface area contributed by atoms with Gasteiger partial charge in [-0.05, 0) is 5.92 Å². The minimum absolute atomic E-state index is 0.0799. The smallest absolute Gasteiger partial charge is 0.293 e. The quantitative estimate of drug-likeness (QED) is 0.484. The molecule has 1 atom stereocenters. The summed E-state index contributed by atoms with van der Waals surface area (Å²) in [5, 5.41) is 11.0. The molecule has 1 unspecified atom stereocenters. The first-order chi connectivity index (χ1) is 9.56. The maximum Gasteiger partial charge on any atom is 0.293 e. The van der Waals surface area contributed by atoms with Crippen LogP contribution in [0, 0.1) is 16.0 Å². The van der Waals surface area contributed by atoms with Crippen molar-refractivity contribution in [1.29, 1.82) is 0 Å². The number of para-hydroxylation sites is 1. The lowest BCUT2D eigenvalue weighted by atomic mass is 10.1. The van der Waals surface area contributed by atoms with Crippen LogP contribution in [0.1, 0.15) is 25.3 Å². The third-order valence-corrected chi connectivity index (χ3v) is 3.70. The van der Waals surface area contributed by atoms with Gasteiger partial charge in [0.05, 0.1) is 4.92 Å². The number of rotatable bonds is 5. The topological polar surface area (TPSA) is 102 Å². The number of nitrogens with two attached hydrogens (primary N) is 1. The summed E-state index contributed by atoms with van der Waals surface area (Å²) in [6, 6.07) is 4.74. The highest BCUT2D eigenvalue weighted by Crippen LogP contribution is 2.30. The summed E-state index contributed by atoms with van der Waals surface area (Å²) in [7, 11) is 0. The monoisotopic (exact) mass is 278 g/mol. The molecule has 1 amide bonds. The molecule has 1 aliphatic heterocycles. The molecule has 7 heteroatoms. The first-order valence-corrected chi connectivity index (χ1v) is 6.57. The van der Waals surface area contributed by atoms with Crippen LogP contribution in [-0.4, -0.2) is 22.3 Å². The molecule has 1 fully saturated rings. The zero-order chi connectivity index (χ0) is 14.7. The number of hydrogen-bond acceptors (Lipinski definition) is 5. The molecule has 3 N–H and O–H groups in total. The van der Waals surface area contributed by atoms with Crippen molar-refractivity contribution >= 4 is 17.3 Å². The second-order valence-corrected chi connectivity index (χ2v) is 4.97. The lowest BCUT2D eigenvalue weighted by molar-refractivity contribution is -0.384. The molecule has 1 aliphatic rings. The fourth-order valence-electron chi connectivity index (χ4n) is 2.52. The molecule has 0 bridgehead atoms. The Labute approximate surface area is 116 Å². The van der Waals surface area contributed by atoms with E-state index in [1.807, 2.05) is 0 Å². The number of nitro groups is 1. The van der Waals surface area contributed by atoms with E-state index in [1.54, 1.807) is 17.0 Å². The number of likely N-dealkylation sites (tertiary alicyclic amines) is 1. The summed E-state index contributed by atoms with van der Waals surface area (Å²) in [6.45, 7) is 3.10. The number of anilines is 1. The fraction of sp³-hybridized carbons (Fsp3) is 0.462. The number of benzene rings is 1. The van der Waals surface area contributed by atoms with Crippen LogP contribution in [0.3, 0.4) is 0 Å². The normalized spacial score (nSPS) is 18.4. The maximum atomic E-state index is 11.9. The second kappa shape index (κ2) is 5.87. The van der Waals surface area contributed by atoms with Crippen molar-refractivity contribution in [2.24, 2.45) is 11.8 Å². The molecule has 20 heavy (non-hydrogen) atoms. The van der Waals surface area contributed by atoms with Crippen LogP contribution < -0.4 is 11.3 Å². The van der Waals surface area contributed by atoms with E-state index < -0.39 is 4.92 Å². The van der Waals surface area contributed by atoms with E-state index in [0.717, 1.165) is 6.42 Å². The van der Waals surface area contributed by atoms with E-state index in [1.165, 1.54) is 6.07 Å². The van der Waals surface area contributed by atoms with Crippen molar-refractivity contribution < 1.29 is 9.72 Å². The van der Waals surface area contributed by atoms with Crippen molar-refractivity contribution in [3.63, 3.8) is 0 Å². The molecule has 108 valence electrons. The summed E-state index contributed by atoms with van der Waals surface area (Å²) in [5.41, 5.74) is 3.23. The van der Waals surface area contributed by atoms with Crippen LogP contribution in [0.2, 0.25) is 0 Å². The molecule has 2 rings (SSSR count). The van der Waals surface area contributed by atoms with Crippen molar-refractivity contribution in [1.82, 2.24) is 4.90 Å². The Balaban J connectivity index is 2.23. The lowest BCUT2D eigenvalue weighted by Gasteiger charge is -2.18. The molecule has 1 aromatic carbocycles. The van der Waals surface area contributed by atoms with Gasteiger partial charge < -0.3 is 10.3 Å². The number of nitrogens with one attached hydrogen (secondary N) is 1. The average Bonchev–Trinajstić information content (AvgIpc) is 2.79. The van der Waals surface area contributed by atoms with Crippen LogP contribution in [0.5, 0.6) is 0 Å². The van der Waals surface area contributed by atoms with Gasteiger partial charge in [0.2, 0.25) is 5.91 Å². The molecule has 1 saturated heterocycles. The fourth-order valence-corrected chi connectivity index (χ4v) is 2.52. The van der Waals surface area contributed by atoms with Crippen LogP contribution in [-0.2, 0) is 11.3 Å². The second-order valence-electron chi connectivity index (χ2n) is 4.97. The first-order valence-electron chi connectivity index (χ1n) is 6.57. The van der Waals surface area contributed by atoms with Crippen molar-refractivity contribution in [2.75, 3.05) is 12.0 Å². The van der Waals surface area contributed by atoms with Gasteiger partial charge in [-0.1, -0.05) is 25.5 Å². The van der Waals surface area contributed by atoms with Crippen molar-refractivity contribution in [3.05, 3.63) is 33.9 Å². The van der Waals surface area contributed by atoms with Gasteiger partial charge in [0.25, 0.3) is 5.69 Å². The zero-order valence-corrected chi connectivity index (χ0v) is 11.3. The largest absolute Gasteiger partial charge is 0.338 e. The van der Waals surface area contributed by atoms with Crippen LogP contribution in [0.4, 0.5) is 11.4 Å². The Morgan fingerprint density at radius 2 is 2.30 bits per heavy atom. The predicted octanol–water partition coefficient (Wildman–Crippen LogP) is 1.64. The van der Waals surface area contributed by atoms with E-state index in [2.05, 4.69) is 12.3 Å². The Kier molecular flexibility index (Phi) is 4.19. The minimum atomic E-state index is -0.487. The molecule has 0 saturated carbocycles. The van der Waals surface area contributed by atoms with E-state index in [0.29, 0.717) is 31.0 Å². The Morgan fingerprint density at radius 1 is 1.55 bits per heavy atom. The number of nitrogens with zero attached hydrogens (tertiary/aromatic N) is 2. The van der Waals surface area contributed by atoms with Crippen molar-refractivity contribution in [2.45, 2.75) is 26.3 Å². The number of nitro benzene ring substituents is 1. The molecule has 0 aromatic heterocycles. The van der Waals surface area contributed by atoms with E-state index in [-0.39, 0.29) is 17.3 Å². The predicted molar refractivity (Wildman–Crippen MR) is 74.7 cm³/mol. The highest BCUT2D eigenvalue weighted by Gasteiger charge is 2.29. The molecule has 7 nitrogen and oxygen atoms in total. The van der Waals surface area contributed by atoms with Gasteiger partial charge in [0.1, 0.15) is 5.69 Å². The summed E-state index contributed by atoms with van der Waals surface area (Å²) < 4.78 is 0. The summed E-state index contributed by atoms with van der Waals surface area (Å²) in [5.74, 6) is 5.85. The van der Waals surface area contributed by atoms with Gasteiger partial charge in [-0.25, -0.2) is 0 Å². The Morgan fingerprint density at radius 3 is 2.85 bits per heavy atom. The molecular weight excluding hydrogens is 260 g/mol. The van der Waals surface area contributed by atoms with E-state index >= 15 is 0 Å². The van der Waals surface area contributed by atoms with Crippen LogP contribution in [0.25, 0.3) is 0 Å². The number of carbonyl (C=O) groups excluding carboxylic acids is 1. The van der Waals surface area contributed by atoms with Gasteiger partial charge in [0, 0.05) is 31.1 Å². The van der Waals surface area contributed by atoms with Gasteiger partial charge in [-0.15, -0.1) is 0 Å². The zero-order valence-electron chi connectivity index (χ0n) is 11.3. The van der Waals surface area contributed by atoms with Gasteiger partial charge in [0.15, 0.2) is 0 Å². The number of nitrogen functional groups attached to an aromatic ring is 1.